The van der Waals surface area contributed by atoms with E-state index >= 15 is 0 Å². The highest BCUT2D eigenvalue weighted by Gasteiger charge is 2.12. The Morgan fingerprint density at radius 2 is 1.96 bits per heavy atom. The molecule has 0 N–H and O–H groups in total. The van der Waals surface area contributed by atoms with Crippen molar-refractivity contribution in [3.05, 3.63) is 71.0 Å². The molecule has 25 heavy (non-hydrogen) atoms. The third kappa shape index (κ3) is 3.81. The summed E-state index contributed by atoms with van der Waals surface area (Å²) in [4.78, 5) is 11.9. The maximum atomic E-state index is 11.9. The molecular formula is C20H18N2O3. The molecular weight excluding hydrogens is 316 g/mol. The Hall–Kier alpha value is -3.26. The number of rotatable bonds is 5. The highest BCUT2D eigenvalue weighted by Crippen LogP contribution is 2.19. The van der Waals surface area contributed by atoms with E-state index in [2.05, 4.69) is 6.07 Å². The number of nitrogens with zero attached hydrogens (tertiary/aromatic N) is 2. The van der Waals surface area contributed by atoms with Gasteiger partial charge in [0.2, 0.25) is 0 Å². The molecule has 0 radical (unpaired) electrons. The minimum atomic E-state index is -0.474. The molecule has 3 aromatic rings. The van der Waals surface area contributed by atoms with Gasteiger partial charge in [-0.3, -0.25) is 0 Å². The van der Waals surface area contributed by atoms with E-state index < -0.39 is 5.97 Å². The number of carbonyl (C=O) groups is 1. The monoisotopic (exact) mass is 334 g/mol. The van der Waals surface area contributed by atoms with Gasteiger partial charge in [0.1, 0.15) is 18.4 Å². The fourth-order valence-electron chi connectivity index (χ4n) is 2.77. The number of esters is 1. The van der Waals surface area contributed by atoms with Gasteiger partial charge in [-0.2, -0.15) is 5.26 Å². The summed E-state index contributed by atoms with van der Waals surface area (Å²) < 4.78 is 12.6. The first-order valence-electron chi connectivity index (χ1n) is 7.92. The average molecular weight is 334 g/mol. The molecule has 0 aliphatic carbocycles. The second-order valence-corrected chi connectivity index (χ2v) is 5.91. The number of nitriles is 1. The van der Waals surface area contributed by atoms with Gasteiger partial charge in [0.25, 0.3) is 0 Å². The smallest absolute Gasteiger partial charge is 0.344 e. The molecule has 0 saturated carbocycles. The predicted molar refractivity (Wildman–Crippen MR) is 93.3 cm³/mol. The van der Waals surface area contributed by atoms with Crippen molar-refractivity contribution in [2.75, 3.05) is 6.61 Å². The van der Waals surface area contributed by atoms with Crippen LogP contribution in [0, 0.1) is 25.2 Å². The standard InChI is InChI=1S/C20H18N2O3/c1-14-7-15(2)9-17(8-14)24-13-20(23)25-12-16-11-22-6-4-3-5-19(22)18(16)10-21/h3-9,11H,12-13H2,1-2H3. The molecule has 3 rings (SSSR count). The summed E-state index contributed by atoms with van der Waals surface area (Å²) >= 11 is 0. The molecule has 1 aromatic carbocycles. The van der Waals surface area contributed by atoms with Crippen LogP contribution in [0.1, 0.15) is 22.3 Å². The number of carbonyl (C=O) groups excluding carboxylic acids is 1. The lowest BCUT2D eigenvalue weighted by Crippen LogP contribution is -2.15. The maximum absolute atomic E-state index is 11.9. The van der Waals surface area contributed by atoms with Crippen molar-refractivity contribution in [1.29, 1.82) is 5.26 Å². The summed E-state index contributed by atoms with van der Waals surface area (Å²) in [6.07, 6.45) is 3.65. The van der Waals surface area contributed by atoms with Crippen LogP contribution in [0.4, 0.5) is 0 Å². The Morgan fingerprint density at radius 1 is 1.20 bits per heavy atom. The van der Waals surface area contributed by atoms with Crippen molar-refractivity contribution in [1.82, 2.24) is 4.40 Å². The number of aromatic nitrogens is 1. The summed E-state index contributed by atoms with van der Waals surface area (Å²) in [6.45, 7) is 3.82. The zero-order chi connectivity index (χ0) is 17.8. The van der Waals surface area contributed by atoms with Crippen LogP contribution in [-0.2, 0) is 16.1 Å². The number of benzene rings is 1. The van der Waals surface area contributed by atoms with Crippen LogP contribution in [0.2, 0.25) is 0 Å². The van der Waals surface area contributed by atoms with Gasteiger partial charge in [-0.25, -0.2) is 4.79 Å². The quantitative estimate of drug-likeness (QED) is 0.669. The third-order valence-electron chi connectivity index (χ3n) is 3.81. The van der Waals surface area contributed by atoms with Crippen molar-refractivity contribution in [3.63, 3.8) is 0 Å². The number of hydrogen-bond acceptors (Lipinski definition) is 4. The summed E-state index contributed by atoms with van der Waals surface area (Å²) in [5.74, 6) is 0.167. The normalized spacial score (nSPS) is 10.4. The zero-order valence-corrected chi connectivity index (χ0v) is 14.2. The van der Waals surface area contributed by atoms with E-state index in [1.165, 1.54) is 0 Å². The van der Waals surface area contributed by atoms with Crippen LogP contribution in [-0.4, -0.2) is 17.0 Å². The molecule has 2 heterocycles. The van der Waals surface area contributed by atoms with Gasteiger partial charge in [0.15, 0.2) is 6.61 Å². The Balaban J connectivity index is 1.62. The van der Waals surface area contributed by atoms with Gasteiger partial charge in [-0.1, -0.05) is 12.1 Å². The van der Waals surface area contributed by atoms with Gasteiger partial charge in [-0.15, -0.1) is 0 Å². The van der Waals surface area contributed by atoms with Crippen molar-refractivity contribution < 1.29 is 14.3 Å². The van der Waals surface area contributed by atoms with Gasteiger partial charge < -0.3 is 13.9 Å². The molecule has 0 unspecified atom stereocenters. The Kier molecular flexibility index (Phi) is 4.71. The van der Waals surface area contributed by atoms with Gasteiger partial charge >= 0.3 is 5.97 Å². The minimum absolute atomic E-state index is 0.0413. The number of aryl methyl sites for hydroxylation is 2. The van der Waals surface area contributed by atoms with Crippen LogP contribution < -0.4 is 4.74 Å². The molecule has 5 nitrogen and oxygen atoms in total. The first-order chi connectivity index (χ1) is 12.1. The maximum Gasteiger partial charge on any atom is 0.344 e. The predicted octanol–water partition coefficient (Wildman–Crippen LogP) is 3.55. The molecule has 5 heteroatoms. The van der Waals surface area contributed by atoms with Crippen molar-refractivity contribution >= 4 is 11.5 Å². The molecule has 0 atom stereocenters. The lowest BCUT2D eigenvalue weighted by Gasteiger charge is -2.08. The van der Waals surface area contributed by atoms with E-state index in [0.29, 0.717) is 16.9 Å². The molecule has 0 aliphatic heterocycles. The van der Waals surface area contributed by atoms with E-state index in [-0.39, 0.29) is 13.2 Å². The van der Waals surface area contributed by atoms with E-state index in [4.69, 9.17) is 9.47 Å². The lowest BCUT2D eigenvalue weighted by molar-refractivity contribution is -0.147. The lowest BCUT2D eigenvalue weighted by atomic mass is 10.1. The van der Waals surface area contributed by atoms with E-state index in [9.17, 15) is 10.1 Å². The number of fused-ring (bicyclic) bond motifs is 1. The van der Waals surface area contributed by atoms with Crippen LogP contribution in [0.5, 0.6) is 5.75 Å². The highest BCUT2D eigenvalue weighted by molar-refractivity contribution is 5.71. The fourth-order valence-corrected chi connectivity index (χ4v) is 2.77. The fraction of sp³-hybridized carbons (Fsp3) is 0.200. The Labute approximate surface area is 146 Å². The van der Waals surface area contributed by atoms with E-state index in [1.54, 1.807) is 6.20 Å². The average Bonchev–Trinajstić information content (AvgIpc) is 2.94. The molecule has 0 spiro atoms. The second kappa shape index (κ2) is 7.10. The SMILES string of the molecule is Cc1cc(C)cc(OCC(=O)OCc2cn3ccccc3c2C#N)c1. The number of ether oxygens (including phenoxy) is 2. The van der Waals surface area contributed by atoms with E-state index in [0.717, 1.165) is 16.6 Å². The van der Waals surface area contributed by atoms with Crippen molar-refractivity contribution in [2.24, 2.45) is 0 Å². The molecule has 0 bridgehead atoms. The van der Waals surface area contributed by atoms with Gasteiger partial charge in [-0.05, 0) is 49.2 Å². The van der Waals surface area contributed by atoms with Crippen LogP contribution in [0.15, 0.2) is 48.8 Å². The van der Waals surface area contributed by atoms with Crippen molar-refractivity contribution in [3.8, 4) is 11.8 Å². The Bertz CT molecular complexity index is 946. The topological polar surface area (TPSA) is 63.7 Å². The van der Waals surface area contributed by atoms with Crippen molar-refractivity contribution in [2.45, 2.75) is 20.5 Å². The van der Waals surface area contributed by atoms with Crippen LogP contribution in [0.25, 0.3) is 5.52 Å². The second-order valence-electron chi connectivity index (χ2n) is 5.91. The molecule has 0 fully saturated rings. The Morgan fingerprint density at radius 3 is 2.68 bits per heavy atom. The molecule has 0 saturated heterocycles. The first kappa shape index (κ1) is 16.6. The highest BCUT2D eigenvalue weighted by atomic mass is 16.6. The third-order valence-corrected chi connectivity index (χ3v) is 3.81. The summed E-state index contributed by atoms with van der Waals surface area (Å²) in [7, 11) is 0. The summed E-state index contributed by atoms with van der Waals surface area (Å²) in [6, 6.07) is 13.5. The summed E-state index contributed by atoms with van der Waals surface area (Å²) in [5.41, 5.74) is 4.13. The van der Waals surface area contributed by atoms with Gasteiger partial charge in [0, 0.05) is 18.0 Å². The summed E-state index contributed by atoms with van der Waals surface area (Å²) in [5, 5.41) is 9.35. The van der Waals surface area contributed by atoms with Crippen LogP contribution in [0.3, 0.4) is 0 Å². The number of hydrogen-bond donors (Lipinski definition) is 0. The molecule has 0 aliphatic rings. The largest absolute Gasteiger partial charge is 0.482 e. The van der Waals surface area contributed by atoms with E-state index in [1.807, 2.05) is 60.8 Å². The zero-order valence-electron chi connectivity index (χ0n) is 14.2. The number of pyridine rings is 1. The molecule has 126 valence electrons. The molecule has 0 amide bonds. The molecule has 2 aromatic heterocycles. The van der Waals surface area contributed by atoms with Gasteiger partial charge in [0.05, 0.1) is 11.1 Å². The first-order valence-corrected chi connectivity index (χ1v) is 7.92. The minimum Gasteiger partial charge on any atom is -0.482 e. The van der Waals surface area contributed by atoms with Crippen LogP contribution >= 0.6 is 0 Å².